The molecule has 1 amide bonds. The Balaban J connectivity index is 1.51. The Morgan fingerprint density at radius 2 is 1.78 bits per heavy atom. The van der Waals surface area contributed by atoms with Crippen molar-refractivity contribution in [2.24, 2.45) is 0 Å². The van der Waals surface area contributed by atoms with Crippen LogP contribution >= 0.6 is 11.3 Å². The molecule has 0 atom stereocenters. The number of carbonyl (C=O) groups is 1. The zero-order valence-corrected chi connectivity index (χ0v) is 15.7. The van der Waals surface area contributed by atoms with Crippen LogP contribution in [-0.2, 0) is 11.2 Å². The Labute approximate surface area is 160 Å². The van der Waals surface area contributed by atoms with Crippen LogP contribution in [0.5, 0.6) is 5.75 Å². The van der Waals surface area contributed by atoms with Crippen molar-refractivity contribution in [1.82, 2.24) is 5.32 Å². The van der Waals surface area contributed by atoms with Crippen LogP contribution in [0.4, 0.5) is 13.2 Å². The summed E-state index contributed by atoms with van der Waals surface area (Å²) in [6.45, 7) is 0. The van der Waals surface area contributed by atoms with E-state index in [0.717, 1.165) is 28.2 Å². The van der Waals surface area contributed by atoms with Crippen molar-refractivity contribution in [3.63, 3.8) is 0 Å². The number of thiophene rings is 1. The molecule has 1 aliphatic carbocycles. The number of rotatable bonds is 6. The molecule has 0 spiro atoms. The van der Waals surface area contributed by atoms with E-state index in [2.05, 4.69) is 10.1 Å². The lowest BCUT2D eigenvalue weighted by Crippen LogP contribution is -2.36. The number of ether oxygens (including phenoxy) is 1. The summed E-state index contributed by atoms with van der Waals surface area (Å²) in [5, 5.41) is 3.11. The van der Waals surface area contributed by atoms with Gasteiger partial charge in [-0.2, -0.15) is 0 Å². The number of aryl methyl sites for hydroxylation is 1. The van der Waals surface area contributed by atoms with Crippen LogP contribution in [0.3, 0.4) is 0 Å². The summed E-state index contributed by atoms with van der Waals surface area (Å²) in [6, 6.07) is 10.0. The van der Waals surface area contributed by atoms with Gasteiger partial charge in [-0.05, 0) is 61.2 Å². The first-order valence-corrected chi connectivity index (χ1v) is 9.95. The molecule has 146 valence electrons. The van der Waals surface area contributed by atoms with Gasteiger partial charge in [-0.1, -0.05) is 19.3 Å². The number of hydrogen-bond acceptors (Lipinski definition) is 3. The summed E-state index contributed by atoms with van der Waals surface area (Å²) in [4.78, 5) is 14.1. The van der Waals surface area contributed by atoms with E-state index in [1.54, 1.807) is 23.5 Å². The molecule has 0 unspecified atom stereocenters. The molecule has 0 radical (unpaired) electrons. The first-order chi connectivity index (χ1) is 12.9. The lowest BCUT2D eigenvalue weighted by molar-refractivity contribution is -0.274. The molecule has 3 rings (SSSR count). The first kappa shape index (κ1) is 19.7. The number of hydrogen-bond donors (Lipinski definition) is 1. The summed E-state index contributed by atoms with van der Waals surface area (Å²) in [6.07, 6.45) is 2.21. The molecule has 1 heterocycles. The van der Waals surface area contributed by atoms with E-state index in [-0.39, 0.29) is 11.7 Å². The summed E-state index contributed by atoms with van der Waals surface area (Å²) >= 11 is 1.55. The summed E-state index contributed by atoms with van der Waals surface area (Å²) in [5.41, 5.74) is 0.826. The number of halogens is 3. The molecular formula is C20H22F3NO2S. The summed E-state index contributed by atoms with van der Waals surface area (Å²) in [7, 11) is 0. The molecule has 1 saturated carbocycles. The smallest absolute Gasteiger partial charge is 0.406 e. The van der Waals surface area contributed by atoms with Crippen LogP contribution in [0.2, 0.25) is 0 Å². The highest BCUT2D eigenvalue weighted by Gasteiger charge is 2.31. The summed E-state index contributed by atoms with van der Waals surface area (Å²) in [5.74, 6) is -0.145. The van der Waals surface area contributed by atoms with E-state index >= 15 is 0 Å². The average molecular weight is 397 g/mol. The Hall–Kier alpha value is -2.02. The van der Waals surface area contributed by atoms with Crippen molar-refractivity contribution in [2.45, 2.75) is 57.3 Å². The van der Waals surface area contributed by atoms with Crippen LogP contribution in [0.25, 0.3) is 10.4 Å². The molecular weight excluding hydrogens is 375 g/mol. The molecule has 27 heavy (non-hydrogen) atoms. The van der Waals surface area contributed by atoms with E-state index in [1.807, 2.05) is 12.1 Å². The fraction of sp³-hybridized carbons (Fsp3) is 0.450. The average Bonchev–Trinajstić information content (AvgIpc) is 3.09. The quantitative estimate of drug-likeness (QED) is 0.679. The van der Waals surface area contributed by atoms with Gasteiger partial charge in [0.05, 0.1) is 0 Å². The second-order valence-electron chi connectivity index (χ2n) is 6.74. The minimum absolute atomic E-state index is 0.0884. The molecule has 0 aliphatic heterocycles. The predicted octanol–water partition coefficient (Wildman–Crippen LogP) is 5.70. The maximum Gasteiger partial charge on any atom is 0.573 e. The highest BCUT2D eigenvalue weighted by Crippen LogP contribution is 2.31. The third-order valence-electron chi connectivity index (χ3n) is 4.60. The third-order valence-corrected chi connectivity index (χ3v) is 5.80. The van der Waals surface area contributed by atoms with Crippen molar-refractivity contribution >= 4 is 17.2 Å². The molecule has 3 nitrogen and oxygen atoms in total. The van der Waals surface area contributed by atoms with Gasteiger partial charge in [0.15, 0.2) is 0 Å². The monoisotopic (exact) mass is 397 g/mol. The highest BCUT2D eigenvalue weighted by molar-refractivity contribution is 7.15. The third kappa shape index (κ3) is 6.27. The minimum Gasteiger partial charge on any atom is -0.406 e. The van der Waals surface area contributed by atoms with Gasteiger partial charge in [0.25, 0.3) is 0 Å². The van der Waals surface area contributed by atoms with Crippen LogP contribution in [0, 0.1) is 0 Å². The number of nitrogens with one attached hydrogen (secondary N) is 1. The Bertz CT molecular complexity index is 749. The normalized spacial score (nSPS) is 15.5. The Morgan fingerprint density at radius 3 is 2.44 bits per heavy atom. The lowest BCUT2D eigenvalue weighted by Gasteiger charge is -2.22. The molecule has 0 saturated heterocycles. The zero-order chi connectivity index (χ0) is 19.3. The standard InChI is InChI=1S/C20H22F3NO2S/c21-20(22,23)26-16-8-6-14(7-9-16)18-12-10-17(27-18)11-13-19(25)24-15-4-2-1-3-5-15/h6-10,12,15H,1-5,11,13H2,(H,24,25). The largest absolute Gasteiger partial charge is 0.573 e. The van der Waals surface area contributed by atoms with Gasteiger partial charge < -0.3 is 10.1 Å². The molecule has 1 aliphatic rings. The maximum atomic E-state index is 12.2. The van der Waals surface area contributed by atoms with Crippen molar-refractivity contribution in [3.05, 3.63) is 41.3 Å². The van der Waals surface area contributed by atoms with Gasteiger partial charge in [0.1, 0.15) is 5.75 Å². The highest BCUT2D eigenvalue weighted by atomic mass is 32.1. The SMILES string of the molecule is O=C(CCc1ccc(-c2ccc(OC(F)(F)F)cc2)s1)NC1CCCCC1. The van der Waals surface area contributed by atoms with Crippen LogP contribution in [0.1, 0.15) is 43.4 Å². The number of carbonyl (C=O) groups excluding carboxylic acids is 1. The first-order valence-electron chi connectivity index (χ1n) is 9.13. The minimum atomic E-state index is -4.68. The number of amides is 1. The second kappa shape index (κ2) is 8.78. The topological polar surface area (TPSA) is 38.3 Å². The fourth-order valence-corrected chi connectivity index (χ4v) is 4.28. The number of benzene rings is 1. The van der Waals surface area contributed by atoms with Crippen molar-refractivity contribution in [3.8, 4) is 16.2 Å². The van der Waals surface area contributed by atoms with Crippen molar-refractivity contribution < 1.29 is 22.7 Å². The van der Waals surface area contributed by atoms with Crippen LogP contribution < -0.4 is 10.1 Å². The summed E-state index contributed by atoms with van der Waals surface area (Å²) < 4.78 is 40.5. The van der Waals surface area contributed by atoms with Gasteiger partial charge in [-0.3, -0.25) is 4.79 Å². The van der Waals surface area contributed by atoms with E-state index < -0.39 is 6.36 Å². The van der Waals surface area contributed by atoms with Crippen molar-refractivity contribution in [2.75, 3.05) is 0 Å². The van der Waals surface area contributed by atoms with Crippen LogP contribution in [-0.4, -0.2) is 18.3 Å². The maximum absolute atomic E-state index is 12.2. The van der Waals surface area contributed by atoms with Gasteiger partial charge in [0.2, 0.25) is 5.91 Å². The van der Waals surface area contributed by atoms with E-state index in [0.29, 0.717) is 18.9 Å². The van der Waals surface area contributed by atoms with E-state index in [9.17, 15) is 18.0 Å². The fourth-order valence-electron chi connectivity index (χ4n) is 3.27. The molecule has 1 aromatic carbocycles. The molecule has 1 aromatic heterocycles. The van der Waals surface area contributed by atoms with Crippen LogP contribution in [0.15, 0.2) is 36.4 Å². The van der Waals surface area contributed by atoms with Gasteiger partial charge in [0, 0.05) is 22.2 Å². The second-order valence-corrected chi connectivity index (χ2v) is 7.91. The molecule has 0 bridgehead atoms. The predicted molar refractivity (Wildman–Crippen MR) is 99.8 cm³/mol. The van der Waals surface area contributed by atoms with E-state index in [4.69, 9.17) is 0 Å². The lowest BCUT2D eigenvalue weighted by atomic mass is 9.95. The van der Waals surface area contributed by atoms with Crippen molar-refractivity contribution in [1.29, 1.82) is 0 Å². The zero-order valence-electron chi connectivity index (χ0n) is 14.8. The van der Waals surface area contributed by atoms with Gasteiger partial charge >= 0.3 is 6.36 Å². The Kier molecular flexibility index (Phi) is 6.42. The Morgan fingerprint density at radius 1 is 1.07 bits per heavy atom. The molecule has 1 N–H and O–H groups in total. The van der Waals surface area contributed by atoms with Gasteiger partial charge in [-0.25, -0.2) is 0 Å². The molecule has 7 heteroatoms. The van der Waals surface area contributed by atoms with Gasteiger partial charge in [-0.15, -0.1) is 24.5 Å². The molecule has 1 fully saturated rings. The van der Waals surface area contributed by atoms with E-state index in [1.165, 1.54) is 31.4 Å². The number of alkyl halides is 3. The molecule has 2 aromatic rings.